The second-order valence-corrected chi connectivity index (χ2v) is 4.37. The van der Waals surface area contributed by atoms with Crippen molar-refractivity contribution in [2.45, 2.75) is 19.1 Å². The van der Waals surface area contributed by atoms with Gasteiger partial charge in [-0.1, -0.05) is 13.8 Å². The maximum atomic E-state index is 10.9. The third-order valence-electron chi connectivity index (χ3n) is 1.36. The monoisotopic (exact) mass is 180 g/mol. The predicted octanol–water partition coefficient (Wildman–Crippen LogP) is 0.186. The number of hydrogen-bond acceptors (Lipinski definition) is 4. The Balaban J connectivity index is 4.65. The molecule has 0 saturated carbocycles. The highest BCUT2D eigenvalue weighted by molar-refractivity contribution is 7.88. The van der Waals surface area contributed by atoms with Crippen LogP contribution in [0.4, 0.5) is 0 Å². The smallest absolute Gasteiger partial charge is 0.277 e. The van der Waals surface area contributed by atoms with Crippen LogP contribution in [0.5, 0.6) is 0 Å². The Morgan fingerprint density at radius 2 is 1.82 bits per heavy atom. The van der Waals surface area contributed by atoms with Crippen LogP contribution in [0.25, 0.3) is 0 Å². The van der Waals surface area contributed by atoms with Crippen LogP contribution in [0.15, 0.2) is 0 Å². The molecule has 0 saturated heterocycles. The van der Waals surface area contributed by atoms with E-state index in [2.05, 4.69) is 4.18 Å². The molecule has 0 radical (unpaired) electrons. The lowest BCUT2D eigenvalue weighted by atomic mass is 10.1. The predicted molar refractivity (Wildman–Crippen MR) is 40.6 cm³/mol. The molecule has 0 aliphatic carbocycles. The number of carbonyl (C=O) groups is 1. The van der Waals surface area contributed by atoms with Gasteiger partial charge in [-0.25, -0.2) is 0 Å². The molecule has 0 N–H and O–H groups in total. The summed E-state index contributed by atoms with van der Waals surface area (Å²) in [6.45, 7) is 3.30. The molecular weight excluding hydrogens is 168 g/mol. The molecule has 11 heavy (non-hydrogen) atoms. The lowest BCUT2D eigenvalue weighted by molar-refractivity contribution is -0.108. The first-order valence-corrected chi connectivity index (χ1v) is 4.67. The van der Waals surface area contributed by atoms with Crippen molar-refractivity contribution in [1.82, 2.24) is 0 Å². The van der Waals surface area contributed by atoms with Gasteiger partial charge in [0, 0.05) is 0 Å². The van der Waals surface area contributed by atoms with Crippen LogP contribution in [0.1, 0.15) is 13.8 Å². The average Bonchev–Trinajstić information content (AvgIpc) is 1.88. The summed E-state index contributed by atoms with van der Waals surface area (Å²) in [6.07, 6.45) is 0.392. The topological polar surface area (TPSA) is 60.4 Å². The molecule has 1 unspecified atom stereocenters. The van der Waals surface area contributed by atoms with Crippen LogP contribution in [0, 0.1) is 5.92 Å². The molecule has 4 nitrogen and oxygen atoms in total. The van der Waals surface area contributed by atoms with Gasteiger partial charge in [0.25, 0.3) is 10.1 Å². The van der Waals surface area contributed by atoms with E-state index < -0.39 is 15.4 Å². The third-order valence-corrected chi connectivity index (χ3v) is 3.14. The molecular formula is C6H12O4S. The standard InChI is InChI=1S/C6H12O4S/c1-5(2)6(4-7)11(8,9)10-3/h4-6H,1-3H3. The van der Waals surface area contributed by atoms with Crippen molar-refractivity contribution in [3.05, 3.63) is 0 Å². The normalized spacial score (nSPS) is 14.9. The first kappa shape index (κ1) is 10.6. The van der Waals surface area contributed by atoms with E-state index in [9.17, 15) is 13.2 Å². The molecule has 0 aliphatic heterocycles. The van der Waals surface area contributed by atoms with Crippen molar-refractivity contribution in [3.8, 4) is 0 Å². The van der Waals surface area contributed by atoms with Crippen molar-refractivity contribution < 1.29 is 17.4 Å². The Hall–Kier alpha value is -0.420. The fourth-order valence-corrected chi connectivity index (χ4v) is 1.69. The van der Waals surface area contributed by atoms with E-state index in [0.717, 1.165) is 7.11 Å². The summed E-state index contributed by atoms with van der Waals surface area (Å²) in [4.78, 5) is 10.3. The number of hydrogen-bond donors (Lipinski definition) is 0. The highest BCUT2D eigenvalue weighted by Crippen LogP contribution is 2.10. The molecule has 66 valence electrons. The molecule has 0 aromatic carbocycles. The molecule has 5 heteroatoms. The van der Waals surface area contributed by atoms with Gasteiger partial charge in [-0.15, -0.1) is 0 Å². The summed E-state index contributed by atoms with van der Waals surface area (Å²) >= 11 is 0. The van der Waals surface area contributed by atoms with Gasteiger partial charge in [-0.3, -0.25) is 4.18 Å². The van der Waals surface area contributed by atoms with E-state index in [1.807, 2.05) is 0 Å². The van der Waals surface area contributed by atoms with Crippen LogP contribution in [0.3, 0.4) is 0 Å². The van der Waals surface area contributed by atoms with Gasteiger partial charge in [0.15, 0.2) is 0 Å². The average molecular weight is 180 g/mol. The van der Waals surface area contributed by atoms with Crippen molar-refractivity contribution in [2.24, 2.45) is 5.92 Å². The largest absolute Gasteiger partial charge is 0.302 e. The highest BCUT2D eigenvalue weighted by Gasteiger charge is 2.27. The van der Waals surface area contributed by atoms with Crippen LogP contribution in [0.2, 0.25) is 0 Å². The zero-order chi connectivity index (χ0) is 9.07. The molecule has 0 aromatic heterocycles. The van der Waals surface area contributed by atoms with Gasteiger partial charge in [0.2, 0.25) is 0 Å². The first-order chi connectivity index (χ1) is 4.95. The van der Waals surface area contributed by atoms with Crippen molar-refractivity contribution in [3.63, 3.8) is 0 Å². The van der Waals surface area contributed by atoms with Crippen LogP contribution >= 0.6 is 0 Å². The van der Waals surface area contributed by atoms with Gasteiger partial charge in [-0.05, 0) is 5.92 Å². The molecule has 0 amide bonds. The zero-order valence-electron chi connectivity index (χ0n) is 6.77. The molecule has 0 heterocycles. The maximum Gasteiger partial charge on any atom is 0.277 e. The van der Waals surface area contributed by atoms with Crippen LogP contribution in [-0.4, -0.2) is 27.1 Å². The lowest BCUT2D eigenvalue weighted by Crippen LogP contribution is -2.29. The summed E-state index contributed by atoms with van der Waals surface area (Å²) in [5, 5.41) is -1.05. The molecule has 1 atom stereocenters. The molecule has 0 rings (SSSR count). The zero-order valence-corrected chi connectivity index (χ0v) is 7.59. The van der Waals surface area contributed by atoms with Gasteiger partial charge < -0.3 is 4.79 Å². The summed E-state index contributed by atoms with van der Waals surface area (Å²) < 4.78 is 26.0. The maximum absolute atomic E-state index is 10.9. The van der Waals surface area contributed by atoms with Crippen molar-refractivity contribution in [2.75, 3.05) is 7.11 Å². The Morgan fingerprint density at radius 3 is 1.91 bits per heavy atom. The second-order valence-electron chi connectivity index (χ2n) is 2.50. The number of carbonyl (C=O) groups excluding carboxylic acids is 1. The van der Waals surface area contributed by atoms with Gasteiger partial charge in [0.1, 0.15) is 11.5 Å². The minimum atomic E-state index is -3.68. The van der Waals surface area contributed by atoms with Gasteiger partial charge in [-0.2, -0.15) is 8.42 Å². The molecule has 0 spiro atoms. The minimum Gasteiger partial charge on any atom is -0.302 e. The third kappa shape index (κ3) is 2.59. The quantitative estimate of drug-likeness (QED) is 0.457. The highest BCUT2D eigenvalue weighted by atomic mass is 32.2. The molecule has 0 fully saturated rings. The van der Waals surface area contributed by atoms with Gasteiger partial charge in [0.05, 0.1) is 7.11 Å². The first-order valence-electron chi connectivity index (χ1n) is 3.20. The van der Waals surface area contributed by atoms with Crippen molar-refractivity contribution >= 4 is 16.4 Å². The minimum absolute atomic E-state index is 0.252. The summed E-state index contributed by atoms with van der Waals surface area (Å²) in [6, 6.07) is 0. The van der Waals surface area contributed by atoms with Gasteiger partial charge >= 0.3 is 0 Å². The van der Waals surface area contributed by atoms with E-state index >= 15 is 0 Å². The van der Waals surface area contributed by atoms with E-state index in [0.29, 0.717) is 6.29 Å². The molecule has 0 aliphatic rings. The van der Waals surface area contributed by atoms with E-state index in [-0.39, 0.29) is 5.92 Å². The summed E-state index contributed by atoms with van der Waals surface area (Å²) in [5.41, 5.74) is 0. The Morgan fingerprint density at radius 1 is 1.36 bits per heavy atom. The summed E-state index contributed by atoms with van der Waals surface area (Å²) in [5.74, 6) is -0.252. The van der Waals surface area contributed by atoms with E-state index in [4.69, 9.17) is 0 Å². The molecule has 0 aromatic rings. The SMILES string of the molecule is COS(=O)(=O)C(C=O)C(C)C. The Kier molecular flexibility index (Phi) is 3.68. The van der Waals surface area contributed by atoms with Crippen LogP contribution in [-0.2, 0) is 19.1 Å². The Labute approximate surface area is 66.7 Å². The van der Waals surface area contributed by atoms with E-state index in [1.165, 1.54) is 0 Å². The lowest BCUT2D eigenvalue weighted by Gasteiger charge is -2.12. The fraction of sp³-hybridized carbons (Fsp3) is 0.833. The van der Waals surface area contributed by atoms with E-state index in [1.54, 1.807) is 13.8 Å². The Bertz CT molecular complexity index is 217. The molecule has 0 bridgehead atoms. The second kappa shape index (κ2) is 3.82. The fourth-order valence-electron chi connectivity index (χ4n) is 0.670. The number of rotatable bonds is 4. The van der Waals surface area contributed by atoms with Crippen molar-refractivity contribution in [1.29, 1.82) is 0 Å². The summed E-state index contributed by atoms with van der Waals surface area (Å²) in [7, 11) is -2.63. The van der Waals surface area contributed by atoms with Crippen LogP contribution < -0.4 is 0 Å². The number of aldehydes is 1.